The van der Waals surface area contributed by atoms with Crippen LogP contribution in [0.4, 0.5) is 0 Å². The normalized spacial score (nSPS) is 15.9. The van der Waals surface area contributed by atoms with Gasteiger partial charge in [-0.05, 0) is 188 Å². The number of likely N-dealkylation sites (tertiary alicyclic amines) is 3. The molecule has 5 amide bonds. The standard InChI is InChI=1S/C18H18ClNO4.C17H14ClNO3.2C17H14ClNO2.C17H12ClNO2.C14H10Cl2O2.C4H9NO2.C4H9O.CH4.K/c1-20(10-11-23-13-21)18(22)12-14-4-2-3-5-17(14)24-16-8-6-15(19)7-9-16;1-19-10-14(20)16(17(19)21)13-4-2-3-5-15(13)22-12-8-6-11(18)7-9-12;3*1-19-9-13-12-8-10(18)6-7-15(12)21-14-5-3-2-4-11(14)16(13)17(19)20;15-11-5-7-12(8-6-11)18-13-4-2-1-3-10(13)9-14(16)17;1-5-2-3-7-4-6;1-4(2,3)5;;/h2-9,13H,10-12H2,1H3;2-9,16H,10H2,1H3;2*2-8,13,16H,9H2,1H3;2-8H,9H2,1H3;1-8H,9H2;4-5H,2-3H2,1H3;1-3H3;1H4;/q;;;;;;;-1;;+1/t;;13-,16+;13-,16-;;;;;;/m..11....../s1. The molecule has 12 aromatic rings. The van der Waals surface area contributed by atoms with Crippen molar-refractivity contribution in [2.45, 2.75) is 76.2 Å². The van der Waals surface area contributed by atoms with E-state index in [0.29, 0.717) is 127 Å². The van der Waals surface area contributed by atoms with Gasteiger partial charge in [0.05, 0.1) is 43.3 Å². The first-order valence-electron chi connectivity index (χ1n) is 44.1. The van der Waals surface area contributed by atoms with Crippen LogP contribution in [-0.2, 0) is 65.5 Å². The second-order valence-corrected chi connectivity index (χ2v) is 36.7. The number of likely N-dealkylation sites (N-methyl/N-ethyl adjacent to an activating group) is 6. The van der Waals surface area contributed by atoms with Crippen LogP contribution in [0.3, 0.4) is 0 Å². The molecule has 12 aromatic carbocycles. The van der Waals surface area contributed by atoms with Crippen LogP contribution in [0, 0.1) is 0 Å². The van der Waals surface area contributed by atoms with Crippen LogP contribution < -0.4 is 90.2 Å². The Morgan fingerprint density at radius 3 is 1.28 bits per heavy atom. The van der Waals surface area contributed by atoms with Gasteiger partial charge in [-0.15, -0.1) is 5.60 Å². The average Bonchev–Trinajstić information content (AvgIpc) is 1.61. The number of para-hydroxylation sites is 6. The second kappa shape index (κ2) is 52.9. The van der Waals surface area contributed by atoms with Gasteiger partial charge in [0.2, 0.25) is 28.9 Å². The molecule has 32 heteroatoms. The van der Waals surface area contributed by atoms with E-state index >= 15 is 0 Å². The van der Waals surface area contributed by atoms with Crippen molar-refractivity contribution in [1.29, 1.82) is 0 Å². The Hall–Kier alpha value is -11.6. The van der Waals surface area contributed by atoms with Gasteiger partial charge in [0.1, 0.15) is 88.1 Å². The third-order valence-corrected chi connectivity index (χ3v) is 24.1. The minimum absolute atomic E-state index is 0. The van der Waals surface area contributed by atoms with Crippen molar-refractivity contribution < 1.29 is 138 Å². The van der Waals surface area contributed by atoms with Crippen molar-refractivity contribution in [2.24, 2.45) is 0 Å². The maximum absolute atomic E-state index is 12.6. The number of nitrogens with zero attached hydrogens (tertiary/aromatic N) is 5. The Bertz CT molecular complexity index is 6320. The largest absolute Gasteiger partial charge is 1.00 e. The summed E-state index contributed by atoms with van der Waals surface area (Å²) < 4.78 is 44.4. The van der Waals surface area contributed by atoms with Crippen molar-refractivity contribution in [3.05, 3.63) is 353 Å². The third-order valence-electron chi connectivity index (χ3n) is 22.5. The van der Waals surface area contributed by atoms with E-state index < -0.39 is 16.8 Å². The van der Waals surface area contributed by atoms with Gasteiger partial charge in [-0.1, -0.05) is 207 Å². The fourth-order valence-electron chi connectivity index (χ4n) is 16.0. The molecule has 7 heterocycles. The zero-order valence-electron chi connectivity index (χ0n) is 78.3. The van der Waals surface area contributed by atoms with E-state index in [9.17, 15) is 48.3 Å². The summed E-state index contributed by atoms with van der Waals surface area (Å²) in [6.45, 7) is 9.49. The van der Waals surface area contributed by atoms with E-state index in [4.69, 9.17) is 110 Å². The number of benzene rings is 12. The van der Waals surface area contributed by atoms with E-state index in [1.165, 1.54) is 9.80 Å². The molecule has 7 aliphatic rings. The zero-order valence-corrected chi connectivity index (χ0v) is 86.7. The molecular formula is C109H104Cl7KN6O18. The van der Waals surface area contributed by atoms with Crippen LogP contribution in [0.1, 0.15) is 108 Å². The fourth-order valence-corrected chi connectivity index (χ4v) is 17.0. The Kier molecular flexibility index (Phi) is 41.8. The Morgan fingerprint density at radius 1 is 0.447 bits per heavy atom. The van der Waals surface area contributed by atoms with Crippen LogP contribution >= 0.6 is 81.2 Å². The Morgan fingerprint density at radius 2 is 0.823 bits per heavy atom. The summed E-state index contributed by atoms with van der Waals surface area (Å²) in [5.74, 6) is 7.12. The fraction of sp³-hybridized carbons (Fsp3) is 0.239. The average molecular weight is 2070 g/mol. The van der Waals surface area contributed by atoms with E-state index in [2.05, 4.69) is 14.8 Å². The van der Waals surface area contributed by atoms with Crippen LogP contribution in [-0.4, -0.2) is 178 Å². The van der Waals surface area contributed by atoms with Gasteiger partial charge in [-0.3, -0.25) is 43.2 Å². The molecule has 0 aromatic heterocycles. The molecule has 0 radical (unpaired) electrons. The van der Waals surface area contributed by atoms with Crippen LogP contribution in [0.25, 0.3) is 11.1 Å². The Balaban J connectivity index is 0.000000170. The Labute approximate surface area is 897 Å². The summed E-state index contributed by atoms with van der Waals surface area (Å²) in [5, 5.41) is 16.4. The number of amides is 5. The number of rotatable bonds is 19. The number of Topliss-reactive ketones (excluding diaryl/α,β-unsaturated/α-hetero) is 1. The SMILES string of the molecule is C.CC(C)(C)[O-].CN(CCOC=O)C(=O)Cc1ccccc1Oc1ccc(Cl)cc1.CN1CC(=O)C(c2ccccc2Oc2ccc(Cl)cc2)C1=O.CN1CC2=C(C1=O)c1ccccc1Oc1ccc(Cl)cc12.CN1C[C@@H]2c3cc(Cl)ccc3Oc3ccccc3[C@@H]2C1=O.CN1C[C@@H]2c3cc(Cl)ccc3Oc3ccccc3[C@H]2C1=O.CNCCOC=O.O=C(Cl)Cc1ccccc1Oc1ccc(Cl)cc1.[K+]. The smallest absolute Gasteiger partial charge is 0.850 e. The van der Waals surface area contributed by atoms with Crippen molar-refractivity contribution in [3.8, 4) is 69.0 Å². The van der Waals surface area contributed by atoms with Gasteiger partial charge in [0.15, 0.2) is 5.78 Å². The number of nitrogens with one attached hydrogen (secondary N) is 1. The molecule has 24 nitrogen and oxygen atoms in total. The molecule has 0 spiro atoms. The molecule has 728 valence electrons. The van der Waals surface area contributed by atoms with E-state index in [1.807, 2.05) is 191 Å². The van der Waals surface area contributed by atoms with Gasteiger partial charge in [0.25, 0.3) is 18.9 Å². The minimum atomic E-state index is -0.784. The first kappa shape index (κ1) is 111. The minimum Gasteiger partial charge on any atom is -0.850 e. The number of carbonyl (C=O) groups excluding carboxylic acids is 9. The number of fused-ring (bicyclic) bond motifs is 14. The van der Waals surface area contributed by atoms with Gasteiger partial charge >= 0.3 is 51.4 Å². The van der Waals surface area contributed by atoms with Gasteiger partial charge in [-0.25, -0.2) is 0 Å². The number of ketones is 1. The number of hydrogen-bond donors (Lipinski definition) is 1. The van der Waals surface area contributed by atoms with Crippen molar-refractivity contribution in [2.75, 3.05) is 94.8 Å². The molecule has 0 bridgehead atoms. The maximum atomic E-state index is 12.6. The molecule has 1 N–H and O–H groups in total. The van der Waals surface area contributed by atoms with Crippen molar-refractivity contribution in [1.82, 2.24) is 29.8 Å². The summed E-state index contributed by atoms with van der Waals surface area (Å²) in [6, 6.07) is 82.7. The monoisotopic (exact) mass is 2070 g/mol. The molecule has 3 fully saturated rings. The molecule has 5 atom stereocenters. The van der Waals surface area contributed by atoms with Crippen molar-refractivity contribution in [3.63, 3.8) is 0 Å². The predicted octanol–water partition coefficient (Wildman–Crippen LogP) is 19.6. The first-order chi connectivity index (χ1) is 66.7. The molecule has 19 rings (SSSR count). The van der Waals surface area contributed by atoms with Gasteiger partial charge in [0, 0.05) is 153 Å². The van der Waals surface area contributed by atoms with Crippen LogP contribution in [0.5, 0.6) is 69.0 Å². The van der Waals surface area contributed by atoms with Gasteiger partial charge < -0.3 is 72.8 Å². The number of ether oxygens (including phenoxy) is 8. The van der Waals surface area contributed by atoms with Crippen molar-refractivity contribution >= 4 is 146 Å². The molecule has 141 heavy (non-hydrogen) atoms. The topological polar surface area (TPSA) is 279 Å². The summed E-state index contributed by atoms with van der Waals surface area (Å²) in [7, 11) is 10.6. The van der Waals surface area contributed by atoms with Gasteiger partial charge in [-0.2, -0.15) is 0 Å². The number of carbonyl (C=O) groups is 9. The number of hydrogen-bond acceptors (Lipinski definition) is 19. The summed E-state index contributed by atoms with van der Waals surface area (Å²) >= 11 is 41.3. The molecule has 7 aliphatic heterocycles. The summed E-state index contributed by atoms with van der Waals surface area (Å²) in [4.78, 5) is 113. The predicted molar refractivity (Wildman–Crippen MR) is 544 cm³/mol. The first-order valence-corrected chi connectivity index (χ1v) is 46.7. The third kappa shape index (κ3) is 30.3. The summed E-state index contributed by atoms with van der Waals surface area (Å²) in [5.41, 5.74) is 8.76. The zero-order chi connectivity index (χ0) is 99.7. The second-order valence-electron chi connectivity index (χ2n) is 33.7. The molecule has 1 unspecified atom stereocenters. The maximum Gasteiger partial charge on any atom is 1.00 e. The van der Waals surface area contributed by atoms with E-state index in [0.717, 1.165) is 85.4 Å². The molecule has 3 saturated heterocycles. The molecule has 0 aliphatic carbocycles. The van der Waals surface area contributed by atoms with E-state index in [-0.39, 0.29) is 144 Å². The molecule has 0 saturated carbocycles. The number of halogens is 7. The quantitative estimate of drug-likeness (QED) is 0.0259. The van der Waals surface area contributed by atoms with Crippen LogP contribution in [0.15, 0.2) is 273 Å². The van der Waals surface area contributed by atoms with Crippen LogP contribution in [0.2, 0.25) is 30.1 Å². The summed E-state index contributed by atoms with van der Waals surface area (Å²) in [6.07, 6.45) is 0.340. The molecular weight excluding hydrogens is 1970 g/mol. The van der Waals surface area contributed by atoms with E-state index in [1.54, 1.807) is 160 Å².